The average molecular weight is 459 g/mol. The summed E-state index contributed by atoms with van der Waals surface area (Å²) in [5, 5.41) is 21.7. The molecule has 3 atom stereocenters. The van der Waals surface area contributed by atoms with Gasteiger partial charge in [0.15, 0.2) is 0 Å². The summed E-state index contributed by atoms with van der Waals surface area (Å²) in [6, 6.07) is 17.2. The third-order valence-electron chi connectivity index (χ3n) is 6.62. The number of aliphatic hydroxyl groups excluding tert-OH is 1. The summed E-state index contributed by atoms with van der Waals surface area (Å²) >= 11 is 0. The Morgan fingerprint density at radius 2 is 2.06 bits per heavy atom. The van der Waals surface area contributed by atoms with Crippen LogP contribution in [0.5, 0.6) is 5.75 Å². The molecule has 1 aliphatic rings. The van der Waals surface area contributed by atoms with Crippen LogP contribution in [0.25, 0.3) is 10.9 Å². The predicted molar refractivity (Wildman–Crippen MR) is 131 cm³/mol. The van der Waals surface area contributed by atoms with Gasteiger partial charge in [0.25, 0.3) is 0 Å². The van der Waals surface area contributed by atoms with Gasteiger partial charge in [-0.1, -0.05) is 30.0 Å². The fourth-order valence-electron chi connectivity index (χ4n) is 4.70. The van der Waals surface area contributed by atoms with Gasteiger partial charge in [-0.05, 0) is 73.7 Å². The number of methoxy groups -OCH3 is 1. The number of ether oxygens (including phenoxy) is 1. The summed E-state index contributed by atoms with van der Waals surface area (Å²) in [5.41, 5.74) is 2.55. The minimum atomic E-state index is -0.778. The molecule has 6 heteroatoms. The molecule has 0 radical (unpaired) electrons. The second-order valence-electron chi connectivity index (χ2n) is 8.77. The van der Waals surface area contributed by atoms with Crippen molar-refractivity contribution in [3.63, 3.8) is 0 Å². The largest absolute Gasteiger partial charge is 0.497 e. The van der Waals surface area contributed by atoms with Gasteiger partial charge in [-0.25, -0.2) is 0 Å². The molecule has 2 heterocycles. The van der Waals surface area contributed by atoms with Gasteiger partial charge in [0.2, 0.25) is 0 Å². The normalized spacial score (nSPS) is 19.2. The molecule has 34 heavy (non-hydrogen) atoms. The van der Waals surface area contributed by atoms with E-state index in [9.17, 15) is 15.0 Å². The topological polar surface area (TPSA) is 82.9 Å². The second kappa shape index (κ2) is 11.1. The molecule has 0 amide bonds. The highest BCUT2D eigenvalue weighted by molar-refractivity contribution is 5.83. The van der Waals surface area contributed by atoms with Gasteiger partial charge in [0.1, 0.15) is 5.75 Å². The number of aromatic nitrogens is 1. The van der Waals surface area contributed by atoms with E-state index in [0.29, 0.717) is 31.7 Å². The molecule has 1 aromatic heterocycles. The summed E-state index contributed by atoms with van der Waals surface area (Å²) in [6.07, 6.45) is 2.93. The van der Waals surface area contributed by atoms with Gasteiger partial charge < -0.3 is 14.9 Å². The van der Waals surface area contributed by atoms with Crippen molar-refractivity contribution in [3.05, 3.63) is 71.9 Å². The van der Waals surface area contributed by atoms with E-state index in [1.54, 1.807) is 13.3 Å². The molecular formula is C28H30N2O4. The zero-order valence-corrected chi connectivity index (χ0v) is 19.4. The van der Waals surface area contributed by atoms with E-state index in [4.69, 9.17) is 4.74 Å². The lowest BCUT2D eigenvalue weighted by atomic mass is 9.81. The lowest BCUT2D eigenvalue weighted by molar-refractivity contribution is -0.146. The maximum Gasteiger partial charge on any atom is 0.308 e. The van der Waals surface area contributed by atoms with Crippen LogP contribution in [0.3, 0.4) is 0 Å². The summed E-state index contributed by atoms with van der Waals surface area (Å²) in [5.74, 6) is 5.80. The summed E-state index contributed by atoms with van der Waals surface area (Å²) in [4.78, 5) is 18.5. The van der Waals surface area contributed by atoms with E-state index in [1.165, 1.54) is 0 Å². The molecule has 1 saturated heterocycles. The average Bonchev–Trinajstić information content (AvgIpc) is 2.87. The molecule has 2 N–H and O–H groups in total. The number of benzene rings is 2. The maximum atomic E-state index is 12.0. The second-order valence-corrected chi connectivity index (χ2v) is 8.77. The molecule has 0 spiro atoms. The number of rotatable bonds is 7. The zero-order valence-electron chi connectivity index (χ0n) is 19.4. The highest BCUT2D eigenvalue weighted by atomic mass is 16.5. The van der Waals surface area contributed by atoms with Crippen molar-refractivity contribution in [2.45, 2.75) is 25.4 Å². The number of aliphatic hydroxyl groups is 1. The molecule has 0 saturated carbocycles. The fourth-order valence-corrected chi connectivity index (χ4v) is 4.70. The first-order chi connectivity index (χ1) is 16.5. The van der Waals surface area contributed by atoms with Gasteiger partial charge in [-0.15, -0.1) is 0 Å². The van der Waals surface area contributed by atoms with Crippen molar-refractivity contribution in [1.29, 1.82) is 0 Å². The van der Waals surface area contributed by atoms with Gasteiger partial charge in [-0.2, -0.15) is 0 Å². The van der Waals surface area contributed by atoms with Gasteiger partial charge in [-0.3, -0.25) is 14.7 Å². The Morgan fingerprint density at radius 1 is 1.24 bits per heavy atom. The van der Waals surface area contributed by atoms with Crippen LogP contribution in [-0.4, -0.2) is 52.8 Å². The van der Waals surface area contributed by atoms with Crippen LogP contribution >= 0.6 is 0 Å². The molecule has 176 valence electrons. The predicted octanol–water partition coefficient (Wildman–Crippen LogP) is 4.13. The van der Waals surface area contributed by atoms with Gasteiger partial charge >= 0.3 is 5.97 Å². The van der Waals surface area contributed by atoms with Crippen molar-refractivity contribution in [1.82, 2.24) is 9.88 Å². The monoisotopic (exact) mass is 458 g/mol. The van der Waals surface area contributed by atoms with E-state index in [2.05, 4.69) is 21.7 Å². The number of pyridine rings is 1. The highest BCUT2D eigenvalue weighted by Crippen LogP contribution is 2.33. The number of carboxylic acids is 1. The van der Waals surface area contributed by atoms with Crippen LogP contribution < -0.4 is 4.74 Å². The van der Waals surface area contributed by atoms with Crippen LogP contribution in [-0.2, 0) is 4.79 Å². The van der Waals surface area contributed by atoms with Crippen LogP contribution in [0.4, 0.5) is 0 Å². The number of likely N-dealkylation sites (tertiary alicyclic amines) is 1. The molecule has 4 rings (SSSR count). The Labute approximate surface area is 200 Å². The Balaban J connectivity index is 1.38. The SMILES string of the molecule is COc1ccc2nccc(C(O)CC[C@@H]3CCN(CC#Cc4ccccc4)C[C@@H]3C(=O)O)c2c1. The smallest absolute Gasteiger partial charge is 0.308 e. The molecule has 1 fully saturated rings. The maximum absolute atomic E-state index is 12.0. The number of hydrogen-bond acceptors (Lipinski definition) is 5. The first-order valence-electron chi connectivity index (χ1n) is 11.6. The number of carbonyl (C=O) groups is 1. The van der Waals surface area contributed by atoms with Crippen molar-refractivity contribution in [3.8, 4) is 17.6 Å². The summed E-state index contributed by atoms with van der Waals surface area (Å²) in [7, 11) is 1.61. The van der Waals surface area contributed by atoms with Gasteiger partial charge in [0, 0.05) is 23.7 Å². The lowest BCUT2D eigenvalue weighted by Gasteiger charge is -2.36. The molecule has 1 unspecified atom stereocenters. The number of hydrogen-bond donors (Lipinski definition) is 2. The molecular weight excluding hydrogens is 428 g/mol. The van der Waals surface area contributed by atoms with Crippen LogP contribution in [0.15, 0.2) is 60.8 Å². The van der Waals surface area contributed by atoms with Crippen molar-refractivity contribution < 1.29 is 19.7 Å². The van der Waals surface area contributed by atoms with E-state index < -0.39 is 18.0 Å². The van der Waals surface area contributed by atoms with Gasteiger partial charge in [0.05, 0.1) is 31.2 Å². The third kappa shape index (κ3) is 5.74. The quantitative estimate of drug-likeness (QED) is 0.518. The van der Waals surface area contributed by atoms with E-state index in [0.717, 1.165) is 35.0 Å². The van der Waals surface area contributed by atoms with Crippen molar-refractivity contribution in [2.75, 3.05) is 26.7 Å². The third-order valence-corrected chi connectivity index (χ3v) is 6.62. The number of carboxylic acid groups (broad SMARTS) is 1. The molecule has 6 nitrogen and oxygen atoms in total. The Morgan fingerprint density at radius 3 is 2.82 bits per heavy atom. The van der Waals surface area contributed by atoms with Crippen LogP contribution in [0.1, 0.15) is 36.5 Å². The number of nitrogens with zero attached hydrogens (tertiary/aromatic N) is 2. The number of aliphatic carboxylic acids is 1. The molecule has 2 aromatic carbocycles. The van der Waals surface area contributed by atoms with E-state index in [1.807, 2.05) is 54.6 Å². The molecule has 0 bridgehead atoms. The Bertz CT molecular complexity index is 1190. The highest BCUT2D eigenvalue weighted by Gasteiger charge is 2.34. The zero-order chi connectivity index (χ0) is 23.9. The molecule has 3 aromatic rings. The Hall–Kier alpha value is -3.40. The standard InChI is InChI=1S/C28H30N2O4/c1-34-22-10-11-26-24(18-22)23(13-15-29-26)27(31)12-9-21-14-17-30(19-25(21)28(32)33)16-5-8-20-6-3-2-4-7-20/h2-4,6-7,10-11,13,15,18,21,25,27,31H,9,12,14,16-17,19H2,1H3,(H,32,33)/t21-,25+,27?/m1/s1. The van der Waals surface area contributed by atoms with Crippen LogP contribution in [0, 0.1) is 23.7 Å². The number of fused-ring (bicyclic) bond motifs is 1. The van der Waals surface area contributed by atoms with Crippen molar-refractivity contribution >= 4 is 16.9 Å². The first-order valence-corrected chi connectivity index (χ1v) is 11.6. The number of piperidine rings is 1. The van der Waals surface area contributed by atoms with E-state index >= 15 is 0 Å². The van der Waals surface area contributed by atoms with Crippen molar-refractivity contribution in [2.24, 2.45) is 11.8 Å². The lowest BCUT2D eigenvalue weighted by Crippen LogP contribution is -2.44. The summed E-state index contributed by atoms with van der Waals surface area (Å²) < 4.78 is 5.33. The molecule has 0 aliphatic carbocycles. The minimum absolute atomic E-state index is 0.0214. The fraction of sp³-hybridized carbons (Fsp3) is 0.357. The minimum Gasteiger partial charge on any atom is -0.497 e. The Kier molecular flexibility index (Phi) is 7.79. The van der Waals surface area contributed by atoms with Crippen LogP contribution in [0.2, 0.25) is 0 Å². The first kappa shape index (κ1) is 23.7. The summed E-state index contributed by atoms with van der Waals surface area (Å²) in [6.45, 7) is 1.84. The van der Waals surface area contributed by atoms with E-state index in [-0.39, 0.29) is 5.92 Å². The molecule has 1 aliphatic heterocycles.